The maximum absolute atomic E-state index is 12.6. The number of rotatable bonds is 4. The van der Waals surface area contributed by atoms with E-state index in [1.54, 1.807) is 4.90 Å². The van der Waals surface area contributed by atoms with Gasteiger partial charge in [-0.05, 0) is 16.0 Å². The zero-order chi connectivity index (χ0) is 15.4. The van der Waals surface area contributed by atoms with Crippen molar-refractivity contribution in [3.05, 3.63) is 42.2 Å². The van der Waals surface area contributed by atoms with Crippen LogP contribution in [0.1, 0.15) is 11.6 Å². The first-order valence-corrected chi connectivity index (χ1v) is 7.07. The standard InChI is InChI=1S/C14H17N5O3/c20-9-12-14(11-4-2-1-3-5-11)19(6-7-22-12)13(21)8-18-10-15-16-17-18/h1-5,10,12,14,20H,6-9H2/t12-,14-/m0/s1. The van der Waals surface area contributed by atoms with Gasteiger partial charge in [0.15, 0.2) is 0 Å². The molecule has 2 heterocycles. The third-order valence-electron chi connectivity index (χ3n) is 3.68. The van der Waals surface area contributed by atoms with Crippen LogP contribution in [0, 0.1) is 0 Å². The second-order valence-corrected chi connectivity index (χ2v) is 5.04. The first-order valence-electron chi connectivity index (χ1n) is 7.07. The summed E-state index contributed by atoms with van der Waals surface area (Å²) in [5, 5.41) is 20.3. The molecule has 116 valence electrons. The summed E-state index contributed by atoms with van der Waals surface area (Å²) in [5.41, 5.74) is 0.936. The molecule has 0 unspecified atom stereocenters. The summed E-state index contributed by atoms with van der Waals surface area (Å²) in [4.78, 5) is 14.3. The van der Waals surface area contributed by atoms with Crippen LogP contribution in [0.3, 0.4) is 0 Å². The van der Waals surface area contributed by atoms with Crippen molar-refractivity contribution in [2.75, 3.05) is 19.8 Å². The molecule has 0 saturated carbocycles. The highest BCUT2D eigenvalue weighted by Gasteiger charge is 2.35. The fourth-order valence-electron chi connectivity index (χ4n) is 2.69. The van der Waals surface area contributed by atoms with Crippen LogP contribution in [0.4, 0.5) is 0 Å². The Bertz CT molecular complexity index is 604. The van der Waals surface area contributed by atoms with Gasteiger partial charge in [0.25, 0.3) is 0 Å². The molecule has 8 heteroatoms. The Morgan fingerprint density at radius 1 is 1.36 bits per heavy atom. The van der Waals surface area contributed by atoms with Crippen LogP contribution < -0.4 is 0 Å². The van der Waals surface area contributed by atoms with E-state index in [9.17, 15) is 9.90 Å². The molecule has 2 aromatic rings. The number of morpholine rings is 1. The molecule has 0 spiro atoms. The van der Waals surface area contributed by atoms with Crippen molar-refractivity contribution in [2.45, 2.75) is 18.7 Å². The minimum atomic E-state index is -0.436. The Morgan fingerprint density at radius 2 is 2.18 bits per heavy atom. The van der Waals surface area contributed by atoms with Crippen molar-refractivity contribution in [1.82, 2.24) is 25.1 Å². The number of benzene rings is 1. The number of carbonyl (C=O) groups is 1. The molecule has 1 aromatic heterocycles. The van der Waals surface area contributed by atoms with Gasteiger partial charge in [0.1, 0.15) is 19.0 Å². The van der Waals surface area contributed by atoms with Gasteiger partial charge in [-0.3, -0.25) is 4.79 Å². The minimum Gasteiger partial charge on any atom is -0.394 e. The lowest BCUT2D eigenvalue weighted by Gasteiger charge is -2.40. The topological polar surface area (TPSA) is 93.4 Å². The summed E-state index contributed by atoms with van der Waals surface area (Å²) in [6.07, 6.45) is 0.966. The smallest absolute Gasteiger partial charge is 0.245 e. The maximum atomic E-state index is 12.6. The number of aromatic nitrogens is 4. The SMILES string of the molecule is O=C(Cn1cnnn1)N1CCO[C@@H](CO)[C@@H]1c1ccccc1. The molecule has 1 aromatic carbocycles. The van der Waals surface area contributed by atoms with Crippen LogP contribution in [0.2, 0.25) is 0 Å². The number of aliphatic hydroxyl groups is 1. The largest absolute Gasteiger partial charge is 0.394 e. The van der Waals surface area contributed by atoms with Crippen LogP contribution >= 0.6 is 0 Å². The Morgan fingerprint density at radius 3 is 2.86 bits per heavy atom. The molecular formula is C14H17N5O3. The molecule has 0 radical (unpaired) electrons. The Hall–Kier alpha value is -2.32. The molecule has 1 amide bonds. The van der Waals surface area contributed by atoms with Crippen LogP contribution in [0.5, 0.6) is 0 Å². The van der Waals surface area contributed by atoms with E-state index in [0.29, 0.717) is 13.2 Å². The van der Waals surface area contributed by atoms with Crippen LogP contribution in [0.25, 0.3) is 0 Å². The van der Waals surface area contributed by atoms with Gasteiger partial charge in [-0.25, -0.2) is 4.68 Å². The monoisotopic (exact) mass is 303 g/mol. The molecule has 0 aliphatic carbocycles. The van der Waals surface area contributed by atoms with E-state index in [1.165, 1.54) is 11.0 Å². The van der Waals surface area contributed by atoms with Gasteiger partial charge in [0, 0.05) is 6.54 Å². The van der Waals surface area contributed by atoms with E-state index in [-0.39, 0.29) is 25.1 Å². The van der Waals surface area contributed by atoms with Crippen molar-refractivity contribution >= 4 is 5.91 Å². The molecule has 22 heavy (non-hydrogen) atoms. The van der Waals surface area contributed by atoms with Gasteiger partial charge in [0.2, 0.25) is 5.91 Å². The molecule has 1 saturated heterocycles. The average molecular weight is 303 g/mol. The van der Waals surface area contributed by atoms with Crippen molar-refractivity contribution in [3.63, 3.8) is 0 Å². The zero-order valence-electron chi connectivity index (χ0n) is 11.9. The minimum absolute atomic E-state index is 0.0640. The molecule has 8 nitrogen and oxygen atoms in total. The highest BCUT2D eigenvalue weighted by atomic mass is 16.5. The molecule has 1 N–H and O–H groups in total. The maximum Gasteiger partial charge on any atom is 0.245 e. The zero-order valence-corrected chi connectivity index (χ0v) is 11.9. The highest BCUT2D eigenvalue weighted by molar-refractivity contribution is 5.76. The third kappa shape index (κ3) is 2.97. The number of hydrogen-bond acceptors (Lipinski definition) is 6. The number of nitrogens with zero attached hydrogens (tertiary/aromatic N) is 5. The molecule has 3 rings (SSSR count). The van der Waals surface area contributed by atoms with Gasteiger partial charge in [-0.15, -0.1) is 5.10 Å². The van der Waals surface area contributed by atoms with Crippen molar-refractivity contribution in [3.8, 4) is 0 Å². The number of tetrazole rings is 1. The lowest BCUT2D eigenvalue weighted by molar-refractivity contribution is -0.150. The number of aliphatic hydroxyl groups excluding tert-OH is 1. The first-order chi connectivity index (χ1) is 10.8. The fraction of sp³-hybridized carbons (Fsp3) is 0.429. The molecule has 2 atom stereocenters. The number of carbonyl (C=O) groups excluding carboxylic acids is 1. The Kier molecular flexibility index (Phi) is 4.40. The molecular weight excluding hydrogens is 286 g/mol. The van der Waals surface area contributed by atoms with E-state index in [1.807, 2.05) is 30.3 Å². The van der Waals surface area contributed by atoms with Gasteiger partial charge >= 0.3 is 0 Å². The van der Waals surface area contributed by atoms with Gasteiger partial charge < -0.3 is 14.7 Å². The van der Waals surface area contributed by atoms with Crippen LogP contribution in [-0.4, -0.2) is 62.0 Å². The molecule has 0 bridgehead atoms. The molecule has 1 fully saturated rings. The normalized spacial score (nSPS) is 21.8. The van der Waals surface area contributed by atoms with E-state index >= 15 is 0 Å². The van der Waals surface area contributed by atoms with Gasteiger partial charge in [-0.1, -0.05) is 30.3 Å². The highest BCUT2D eigenvalue weighted by Crippen LogP contribution is 2.29. The van der Waals surface area contributed by atoms with E-state index in [2.05, 4.69) is 15.5 Å². The number of ether oxygens (including phenoxy) is 1. The number of amides is 1. The molecule has 1 aliphatic heterocycles. The summed E-state index contributed by atoms with van der Waals surface area (Å²) in [6.45, 7) is 0.787. The summed E-state index contributed by atoms with van der Waals surface area (Å²) in [5.74, 6) is -0.108. The third-order valence-corrected chi connectivity index (χ3v) is 3.68. The first kappa shape index (κ1) is 14.6. The second kappa shape index (κ2) is 6.63. The van der Waals surface area contributed by atoms with E-state index < -0.39 is 6.10 Å². The number of hydrogen-bond donors (Lipinski definition) is 1. The van der Waals surface area contributed by atoms with Crippen LogP contribution in [0.15, 0.2) is 36.7 Å². The van der Waals surface area contributed by atoms with E-state index in [0.717, 1.165) is 5.56 Å². The van der Waals surface area contributed by atoms with Crippen molar-refractivity contribution in [1.29, 1.82) is 0 Å². The fourth-order valence-corrected chi connectivity index (χ4v) is 2.69. The van der Waals surface area contributed by atoms with Gasteiger partial charge in [-0.2, -0.15) is 0 Å². The lowest BCUT2D eigenvalue weighted by atomic mass is 9.98. The predicted octanol–water partition coefficient (Wildman–Crippen LogP) is -0.366. The quantitative estimate of drug-likeness (QED) is 0.828. The van der Waals surface area contributed by atoms with Crippen molar-refractivity contribution in [2.24, 2.45) is 0 Å². The van der Waals surface area contributed by atoms with Gasteiger partial charge in [0.05, 0.1) is 19.3 Å². The molecule has 1 aliphatic rings. The average Bonchev–Trinajstić information content (AvgIpc) is 3.07. The van der Waals surface area contributed by atoms with Crippen LogP contribution in [-0.2, 0) is 16.1 Å². The summed E-state index contributed by atoms with van der Waals surface area (Å²) >= 11 is 0. The summed E-state index contributed by atoms with van der Waals surface area (Å²) in [6, 6.07) is 9.27. The van der Waals surface area contributed by atoms with Crippen molar-refractivity contribution < 1.29 is 14.6 Å². The summed E-state index contributed by atoms with van der Waals surface area (Å²) in [7, 11) is 0. The Balaban J connectivity index is 1.84. The lowest BCUT2D eigenvalue weighted by Crippen LogP contribution is -2.50. The second-order valence-electron chi connectivity index (χ2n) is 5.04. The summed E-state index contributed by atoms with van der Waals surface area (Å²) < 4.78 is 7.00. The predicted molar refractivity (Wildman–Crippen MR) is 75.5 cm³/mol. The Labute approximate surface area is 127 Å². The van der Waals surface area contributed by atoms with E-state index in [4.69, 9.17) is 4.74 Å².